The molecule has 0 atom stereocenters. The number of nitrogens with one attached hydrogen (secondary N) is 1. The zero-order valence-electron chi connectivity index (χ0n) is 12.7. The lowest BCUT2D eigenvalue weighted by molar-refractivity contribution is 0.463. The van der Waals surface area contributed by atoms with Crippen molar-refractivity contribution in [2.24, 2.45) is 0 Å². The molecule has 2 rings (SSSR count). The molecule has 1 aromatic heterocycles. The number of hydrogen-bond acceptors (Lipinski definition) is 4. The molecule has 1 heterocycles. The van der Waals surface area contributed by atoms with Gasteiger partial charge in [-0.1, -0.05) is 6.92 Å². The van der Waals surface area contributed by atoms with Crippen molar-refractivity contribution in [1.29, 1.82) is 0 Å². The highest BCUT2D eigenvalue weighted by molar-refractivity contribution is 7.89. The van der Waals surface area contributed by atoms with E-state index in [0.717, 1.165) is 31.6 Å². The zero-order chi connectivity index (χ0) is 14.9. The van der Waals surface area contributed by atoms with E-state index in [-0.39, 0.29) is 6.04 Å². The SMILES string of the molecule is CCNCCn1nc(C)c(S(=O)(=O)N(C)C2CC2)c1C. The number of sulfonamides is 1. The van der Waals surface area contributed by atoms with Gasteiger partial charge in [-0.05, 0) is 33.2 Å². The molecular weight excluding hydrogens is 276 g/mol. The largest absolute Gasteiger partial charge is 0.315 e. The highest BCUT2D eigenvalue weighted by Gasteiger charge is 2.37. The Morgan fingerprint density at radius 3 is 2.60 bits per heavy atom. The maximum absolute atomic E-state index is 12.7. The van der Waals surface area contributed by atoms with E-state index in [4.69, 9.17) is 0 Å². The third-order valence-corrected chi connectivity index (χ3v) is 5.93. The molecule has 0 spiro atoms. The second-order valence-electron chi connectivity index (χ2n) is 5.33. The van der Waals surface area contributed by atoms with Crippen LogP contribution in [0.5, 0.6) is 0 Å². The van der Waals surface area contributed by atoms with Crippen LogP contribution in [0.25, 0.3) is 0 Å². The lowest BCUT2D eigenvalue weighted by Gasteiger charge is -2.16. The summed E-state index contributed by atoms with van der Waals surface area (Å²) in [6, 6.07) is 0.170. The first-order valence-corrected chi connectivity index (χ1v) is 8.56. The van der Waals surface area contributed by atoms with Gasteiger partial charge in [0, 0.05) is 19.6 Å². The number of rotatable bonds is 7. The maximum Gasteiger partial charge on any atom is 0.246 e. The monoisotopic (exact) mass is 300 g/mol. The average molecular weight is 300 g/mol. The van der Waals surface area contributed by atoms with Crippen LogP contribution in [0, 0.1) is 13.8 Å². The van der Waals surface area contributed by atoms with Gasteiger partial charge in [-0.2, -0.15) is 9.40 Å². The fourth-order valence-corrected chi connectivity index (χ4v) is 4.20. The van der Waals surface area contributed by atoms with E-state index in [1.165, 1.54) is 4.31 Å². The van der Waals surface area contributed by atoms with Gasteiger partial charge in [-0.15, -0.1) is 0 Å². The van der Waals surface area contributed by atoms with Gasteiger partial charge < -0.3 is 5.32 Å². The van der Waals surface area contributed by atoms with E-state index < -0.39 is 10.0 Å². The van der Waals surface area contributed by atoms with Crippen molar-refractivity contribution in [3.05, 3.63) is 11.4 Å². The van der Waals surface area contributed by atoms with Crippen LogP contribution in [-0.4, -0.2) is 48.7 Å². The molecule has 0 radical (unpaired) electrons. The highest BCUT2D eigenvalue weighted by atomic mass is 32.2. The third-order valence-electron chi connectivity index (χ3n) is 3.76. The van der Waals surface area contributed by atoms with E-state index in [1.54, 1.807) is 18.7 Å². The molecule has 1 saturated carbocycles. The molecule has 1 N–H and O–H groups in total. The smallest absolute Gasteiger partial charge is 0.246 e. The average Bonchev–Trinajstić information content (AvgIpc) is 3.16. The van der Waals surface area contributed by atoms with Gasteiger partial charge in [-0.25, -0.2) is 8.42 Å². The first-order chi connectivity index (χ1) is 9.39. The molecule has 6 nitrogen and oxygen atoms in total. The van der Waals surface area contributed by atoms with Gasteiger partial charge in [0.25, 0.3) is 0 Å². The van der Waals surface area contributed by atoms with Gasteiger partial charge in [0.05, 0.1) is 17.9 Å². The van der Waals surface area contributed by atoms with Crippen molar-refractivity contribution in [2.75, 3.05) is 20.1 Å². The van der Waals surface area contributed by atoms with Crippen molar-refractivity contribution in [3.8, 4) is 0 Å². The summed E-state index contributed by atoms with van der Waals surface area (Å²) in [6.45, 7) is 8.01. The van der Waals surface area contributed by atoms with Crippen molar-refractivity contribution < 1.29 is 8.42 Å². The Hall–Kier alpha value is -0.920. The summed E-state index contributed by atoms with van der Waals surface area (Å²) in [5, 5.41) is 7.60. The minimum absolute atomic E-state index is 0.170. The molecule has 0 bridgehead atoms. The second-order valence-corrected chi connectivity index (χ2v) is 7.26. The summed E-state index contributed by atoms with van der Waals surface area (Å²) in [7, 11) is -1.75. The summed E-state index contributed by atoms with van der Waals surface area (Å²) in [5.74, 6) is 0. The summed E-state index contributed by atoms with van der Waals surface area (Å²) < 4.78 is 28.6. The van der Waals surface area contributed by atoms with Crippen LogP contribution in [-0.2, 0) is 16.6 Å². The minimum atomic E-state index is -3.42. The van der Waals surface area contributed by atoms with E-state index in [2.05, 4.69) is 10.4 Å². The topological polar surface area (TPSA) is 67.2 Å². The molecule has 1 aliphatic carbocycles. The van der Waals surface area contributed by atoms with Crippen LogP contribution in [0.3, 0.4) is 0 Å². The minimum Gasteiger partial charge on any atom is -0.315 e. The summed E-state index contributed by atoms with van der Waals surface area (Å²) >= 11 is 0. The fraction of sp³-hybridized carbons (Fsp3) is 0.769. The first-order valence-electron chi connectivity index (χ1n) is 7.12. The molecule has 7 heteroatoms. The number of aromatic nitrogens is 2. The summed E-state index contributed by atoms with van der Waals surface area (Å²) in [4.78, 5) is 0.378. The van der Waals surface area contributed by atoms with Crippen molar-refractivity contribution in [3.63, 3.8) is 0 Å². The van der Waals surface area contributed by atoms with Crippen molar-refractivity contribution in [1.82, 2.24) is 19.4 Å². The number of likely N-dealkylation sites (N-methyl/N-ethyl adjacent to an activating group) is 1. The molecule has 0 saturated heterocycles. The molecule has 0 amide bonds. The number of hydrogen-bond donors (Lipinski definition) is 1. The van der Waals surface area contributed by atoms with E-state index >= 15 is 0 Å². The van der Waals surface area contributed by atoms with Crippen LogP contribution in [0.2, 0.25) is 0 Å². The van der Waals surface area contributed by atoms with Gasteiger partial charge >= 0.3 is 0 Å². The number of nitrogens with zero attached hydrogens (tertiary/aromatic N) is 3. The molecule has 1 aromatic rings. The molecule has 1 fully saturated rings. The van der Waals surface area contributed by atoms with Crippen LogP contribution in [0.4, 0.5) is 0 Å². The van der Waals surface area contributed by atoms with Gasteiger partial charge in [0.15, 0.2) is 0 Å². The zero-order valence-corrected chi connectivity index (χ0v) is 13.5. The Balaban J connectivity index is 2.27. The van der Waals surface area contributed by atoms with Crippen LogP contribution < -0.4 is 5.32 Å². The van der Waals surface area contributed by atoms with Crippen LogP contribution in [0.15, 0.2) is 4.90 Å². The molecule has 0 unspecified atom stereocenters. The van der Waals surface area contributed by atoms with Gasteiger partial charge in [0.1, 0.15) is 4.90 Å². The maximum atomic E-state index is 12.7. The van der Waals surface area contributed by atoms with Crippen molar-refractivity contribution >= 4 is 10.0 Å². The predicted octanol–water partition coefficient (Wildman–Crippen LogP) is 0.892. The molecule has 114 valence electrons. The Kier molecular flexibility index (Phi) is 4.51. The standard InChI is InChI=1S/C13H24N4O2S/c1-5-14-8-9-17-11(3)13(10(2)15-17)20(18,19)16(4)12-6-7-12/h12,14H,5-9H2,1-4H3. The number of aryl methyl sites for hydroxylation is 1. The summed E-state index contributed by atoms with van der Waals surface area (Å²) in [6.07, 6.45) is 1.92. The molecule has 0 aliphatic heterocycles. The molecule has 0 aromatic carbocycles. The lowest BCUT2D eigenvalue weighted by Crippen LogP contribution is -2.29. The lowest BCUT2D eigenvalue weighted by atomic mass is 10.4. The van der Waals surface area contributed by atoms with Gasteiger partial charge in [-0.3, -0.25) is 4.68 Å². The van der Waals surface area contributed by atoms with Crippen LogP contribution >= 0.6 is 0 Å². The van der Waals surface area contributed by atoms with E-state index in [9.17, 15) is 8.42 Å². The highest BCUT2D eigenvalue weighted by Crippen LogP contribution is 2.32. The van der Waals surface area contributed by atoms with E-state index in [1.807, 2.05) is 13.8 Å². The predicted molar refractivity (Wildman–Crippen MR) is 78.2 cm³/mol. The molecule has 1 aliphatic rings. The second kappa shape index (κ2) is 5.83. The molecular formula is C13H24N4O2S. The molecule has 20 heavy (non-hydrogen) atoms. The fourth-order valence-electron chi connectivity index (χ4n) is 2.41. The normalized spacial score (nSPS) is 16.1. The van der Waals surface area contributed by atoms with Gasteiger partial charge in [0.2, 0.25) is 10.0 Å². The Labute approximate surface area is 121 Å². The Morgan fingerprint density at radius 2 is 2.05 bits per heavy atom. The summed E-state index contributed by atoms with van der Waals surface area (Å²) in [5.41, 5.74) is 1.32. The first kappa shape index (κ1) is 15.5. The van der Waals surface area contributed by atoms with E-state index in [0.29, 0.717) is 17.1 Å². The third kappa shape index (κ3) is 2.89. The van der Waals surface area contributed by atoms with Crippen LogP contribution in [0.1, 0.15) is 31.2 Å². The Bertz CT molecular complexity index is 575. The van der Waals surface area contributed by atoms with Crippen molar-refractivity contribution in [2.45, 2.75) is 51.1 Å². The quantitative estimate of drug-likeness (QED) is 0.760. The Morgan fingerprint density at radius 1 is 1.40 bits per heavy atom.